The van der Waals surface area contributed by atoms with E-state index in [0.29, 0.717) is 11.4 Å². The highest BCUT2D eigenvalue weighted by atomic mass is 16.2. The number of carbonyl (C=O) groups is 1. The molecule has 3 aliphatic heterocycles. The van der Waals surface area contributed by atoms with Crippen molar-refractivity contribution in [3.05, 3.63) is 0 Å². The molecule has 0 aromatic rings. The normalized spacial score (nSPS) is 27.5. The summed E-state index contributed by atoms with van der Waals surface area (Å²) in [6, 6.07) is 0. The maximum atomic E-state index is 13.0. The number of hydrogen-bond acceptors (Lipinski definition) is 4. The zero-order valence-electron chi connectivity index (χ0n) is 19.3. The maximum Gasteiger partial charge on any atom is 0.225 e. The molecule has 0 bridgehead atoms. The van der Waals surface area contributed by atoms with Gasteiger partial charge in [-0.3, -0.25) is 14.6 Å². The highest BCUT2D eigenvalue weighted by molar-refractivity contribution is 5.79. The Morgan fingerprint density at radius 2 is 1.32 bits per heavy atom. The molecule has 3 rings (SSSR count). The first kappa shape index (κ1) is 22.0. The fraction of sp³-hybridized carbons (Fsp3) is 0.957. The van der Waals surface area contributed by atoms with E-state index in [0.717, 1.165) is 58.0 Å². The molecule has 162 valence electrons. The van der Waals surface area contributed by atoms with Gasteiger partial charge >= 0.3 is 0 Å². The molecule has 0 saturated carbocycles. The fourth-order valence-corrected chi connectivity index (χ4v) is 5.17. The van der Waals surface area contributed by atoms with Gasteiger partial charge in [-0.25, -0.2) is 0 Å². The Morgan fingerprint density at radius 1 is 0.750 bits per heavy atom. The van der Waals surface area contributed by atoms with Gasteiger partial charge in [0.2, 0.25) is 5.91 Å². The number of amides is 1. The lowest BCUT2D eigenvalue weighted by Gasteiger charge is -2.43. The Morgan fingerprint density at radius 3 is 1.82 bits per heavy atom. The van der Waals surface area contributed by atoms with Crippen LogP contribution < -0.4 is 0 Å². The fourth-order valence-electron chi connectivity index (χ4n) is 5.17. The Hall–Kier alpha value is -0.650. The van der Waals surface area contributed by atoms with Crippen molar-refractivity contribution in [1.82, 2.24) is 19.6 Å². The minimum atomic E-state index is 0.212. The summed E-state index contributed by atoms with van der Waals surface area (Å²) in [4.78, 5) is 22.9. The van der Waals surface area contributed by atoms with Crippen LogP contribution in [0.5, 0.6) is 0 Å². The zero-order chi connectivity index (χ0) is 20.5. The summed E-state index contributed by atoms with van der Waals surface area (Å²) in [5.74, 6) is 1.48. The van der Waals surface area contributed by atoms with Crippen LogP contribution >= 0.6 is 0 Å². The van der Waals surface area contributed by atoms with E-state index in [4.69, 9.17) is 0 Å². The molecule has 5 heteroatoms. The van der Waals surface area contributed by atoms with E-state index in [1.54, 1.807) is 0 Å². The Balaban J connectivity index is 1.39. The molecule has 1 amide bonds. The second kappa shape index (κ2) is 8.61. The predicted octanol–water partition coefficient (Wildman–Crippen LogP) is 2.76. The van der Waals surface area contributed by atoms with Crippen molar-refractivity contribution < 1.29 is 4.79 Å². The van der Waals surface area contributed by atoms with Crippen LogP contribution in [0.25, 0.3) is 0 Å². The average molecular weight is 393 g/mol. The molecule has 3 saturated heterocycles. The summed E-state index contributed by atoms with van der Waals surface area (Å²) in [7, 11) is 0. The average Bonchev–Trinajstić information content (AvgIpc) is 3.10. The van der Waals surface area contributed by atoms with E-state index in [1.807, 2.05) is 0 Å². The zero-order valence-corrected chi connectivity index (χ0v) is 19.3. The van der Waals surface area contributed by atoms with Crippen molar-refractivity contribution in [2.24, 2.45) is 11.8 Å². The molecule has 0 radical (unpaired) electrons. The summed E-state index contributed by atoms with van der Waals surface area (Å²) in [6.45, 7) is 23.5. The molecule has 0 N–H and O–H groups in total. The molecular weight excluding hydrogens is 348 g/mol. The predicted molar refractivity (Wildman–Crippen MR) is 117 cm³/mol. The van der Waals surface area contributed by atoms with Crippen molar-refractivity contribution >= 4 is 5.91 Å². The van der Waals surface area contributed by atoms with Gasteiger partial charge < -0.3 is 9.80 Å². The van der Waals surface area contributed by atoms with Crippen LogP contribution in [0.3, 0.4) is 0 Å². The molecular formula is C23H44N4O. The quantitative estimate of drug-likeness (QED) is 0.739. The largest absolute Gasteiger partial charge is 0.340 e. The molecule has 1 atom stereocenters. The topological polar surface area (TPSA) is 30.0 Å². The lowest BCUT2D eigenvalue weighted by Crippen LogP contribution is -2.56. The number of nitrogens with zero attached hydrogens (tertiary/aromatic N) is 4. The maximum absolute atomic E-state index is 13.0. The van der Waals surface area contributed by atoms with Gasteiger partial charge in [-0.1, -0.05) is 0 Å². The Labute approximate surface area is 173 Å². The van der Waals surface area contributed by atoms with Crippen molar-refractivity contribution in [1.29, 1.82) is 0 Å². The van der Waals surface area contributed by atoms with Crippen molar-refractivity contribution in [2.75, 3.05) is 58.9 Å². The third-order valence-corrected chi connectivity index (χ3v) is 7.23. The van der Waals surface area contributed by atoms with Gasteiger partial charge in [-0.05, 0) is 86.4 Å². The SMILES string of the molecule is CC(C)(C)N1CCN(C(=O)C2CCN(C[C@H]3CCN(C(C)(C)C)C3)CC2)CC1. The first-order valence-electron chi connectivity index (χ1n) is 11.6. The van der Waals surface area contributed by atoms with E-state index >= 15 is 0 Å². The first-order valence-corrected chi connectivity index (χ1v) is 11.6. The minimum absolute atomic E-state index is 0.212. The highest BCUT2D eigenvalue weighted by Gasteiger charge is 2.35. The molecule has 0 unspecified atom stereocenters. The second-order valence-electron chi connectivity index (χ2n) is 11.3. The van der Waals surface area contributed by atoms with Crippen LogP contribution in [0.1, 0.15) is 60.8 Å². The van der Waals surface area contributed by atoms with Gasteiger partial charge in [0.15, 0.2) is 0 Å². The molecule has 0 aromatic carbocycles. The highest BCUT2D eigenvalue weighted by Crippen LogP contribution is 2.27. The first-order chi connectivity index (χ1) is 13.0. The van der Waals surface area contributed by atoms with Crippen LogP contribution in [0.15, 0.2) is 0 Å². The second-order valence-corrected chi connectivity index (χ2v) is 11.3. The molecule has 3 heterocycles. The van der Waals surface area contributed by atoms with Crippen LogP contribution in [-0.2, 0) is 4.79 Å². The number of piperazine rings is 1. The van der Waals surface area contributed by atoms with Gasteiger partial charge in [0.05, 0.1) is 0 Å². The molecule has 0 aliphatic carbocycles. The number of likely N-dealkylation sites (tertiary alicyclic amines) is 2. The van der Waals surface area contributed by atoms with E-state index in [1.165, 1.54) is 26.1 Å². The third-order valence-electron chi connectivity index (χ3n) is 7.23. The summed E-state index contributed by atoms with van der Waals surface area (Å²) in [6.07, 6.45) is 3.43. The molecule has 3 fully saturated rings. The van der Waals surface area contributed by atoms with E-state index < -0.39 is 0 Å². The van der Waals surface area contributed by atoms with Gasteiger partial charge in [-0.2, -0.15) is 0 Å². The van der Waals surface area contributed by atoms with E-state index in [-0.39, 0.29) is 11.5 Å². The van der Waals surface area contributed by atoms with E-state index in [2.05, 4.69) is 61.1 Å². The van der Waals surface area contributed by atoms with Crippen LogP contribution in [0.2, 0.25) is 0 Å². The lowest BCUT2D eigenvalue weighted by atomic mass is 9.94. The Bertz CT molecular complexity index is 520. The van der Waals surface area contributed by atoms with Gasteiger partial charge in [0.1, 0.15) is 0 Å². The van der Waals surface area contributed by atoms with Crippen LogP contribution in [0, 0.1) is 11.8 Å². The minimum Gasteiger partial charge on any atom is -0.340 e. The van der Waals surface area contributed by atoms with E-state index in [9.17, 15) is 4.79 Å². The number of piperidine rings is 1. The summed E-state index contributed by atoms with van der Waals surface area (Å²) < 4.78 is 0. The standard InChI is InChI=1S/C23H44N4O/c1-22(2,3)26-15-13-25(14-16-26)21(28)20-8-10-24(11-9-20)17-19-7-12-27(18-19)23(4,5)6/h19-20H,7-18H2,1-6H3/t19-/m1/s1. The van der Waals surface area contributed by atoms with Gasteiger partial charge in [-0.15, -0.1) is 0 Å². The summed E-state index contributed by atoms with van der Waals surface area (Å²) >= 11 is 0. The molecule has 5 nitrogen and oxygen atoms in total. The summed E-state index contributed by atoms with van der Waals surface area (Å²) in [5, 5.41) is 0. The van der Waals surface area contributed by atoms with Crippen LogP contribution in [0.4, 0.5) is 0 Å². The Kier molecular flexibility index (Phi) is 6.78. The van der Waals surface area contributed by atoms with Gasteiger partial charge in [0, 0.05) is 56.3 Å². The summed E-state index contributed by atoms with van der Waals surface area (Å²) in [5.41, 5.74) is 0.508. The number of hydrogen-bond donors (Lipinski definition) is 0. The van der Waals surface area contributed by atoms with Crippen LogP contribution in [-0.4, -0.2) is 95.5 Å². The molecule has 3 aliphatic rings. The molecule has 0 aromatic heterocycles. The van der Waals surface area contributed by atoms with Crippen molar-refractivity contribution in [2.45, 2.75) is 71.9 Å². The smallest absolute Gasteiger partial charge is 0.225 e. The van der Waals surface area contributed by atoms with Gasteiger partial charge in [0.25, 0.3) is 0 Å². The third kappa shape index (κ3) is 5.48. The molecule has 28 heavy (non-hydrogen) atoms. The van der Waals surface area contributed by atoms with Crippen molar-refractivity contribution in [3.8, 4) is 0 Å². The lowest BCUT2D eigenvalue weighted by molar-refractivity contribution is -0.139. The van der Waals surface area contributed by atoms with Crippen molar-refractivity contribution in [3.63, 3.8) is 0 Å². The monoisotopic (exact) mass is 392 g/mol. The number of rotatable bonds is 3. The number of carbonyl (C=O) groups excluding carboxylic acids is 1. The molecule has 0 spiro atoms.